The monoisotopic (exact) mass is 398 g/mol. The summed E-state index contributed by atoms with van der Waals surface area (Å²) in [4.78, 5) is 12.1. The number of benzene rings is 1. The Bertz CT molecular complexity index is 909. The third-order valence-electron chi connectivity index (χ3n) is 4.41. The number of nitrogens with zero attached hydrogens (tertiary/aromatic N) is 3. The summed E-state index contributed by atoms with van der Waals surface area (Å²) < 4.78 is 7.26. The molecule has 28 heavy (non-hydrogen) atoms. The standard InChI is InChI=1S/C21H26N4O2S/c1-5-25-19(15-8-10-16(11-9-15)21(2,3)4)23-24-20(25)28-14-18(26)22-13-17-7-6-12-27-17/h6-12H,5,13-14H2,1-4H3,(H,22,26). The maximum Gasteiger partial charge on any atom is 0.230 e. The van der Waals surface area contributed by atoms with Crippen molar-refractivity contribution in [2.45, 2.75) is 51.4 Å². The van der Waals surface area contributed by atoms with Gasteiger partial charge in [0.1, 0.15) is 5.76 Å². The Morgan fingerprint density at radius 1 is 1.18 bits per heavy atom. The van der Waals surface area contributed by atoms with Gasteiger partial charge >= 0.3 is 0 Å². The third kappa shape index (κ3) is 4.84. The van der Waals surface area contributed by atoms with Gasteiger partial charge in [-0.3, -0.25) is 4.79 Å². The highest BCUT2D eigenvalue weighted by Gasteiger charge is 2.17. The van der Waals surface area contributed by atoms with Crippen LogP contribution in [0.1, 0.15) is 39.0 Å². The number of nitrogens with one attached hydrogen (secondary N) is 1. The second-order valence-corrected chi connectivity index (χ2v) is 8.47. The largest absolute Gasteiger partial charge is 0.467 e. The van der Waals surface area contributed by atoms with Crippen LogP contribution in [0.25, 0.3) is 11.4 Å². The van der Waals surface area contributed by atoms with Gasteiger partial charge in [-0.25, -0.2) is 0 Å². The summed E-state index contributed by atoms with van der Waals surface area (Å²) in [5.41, 5.74) is 2.42. The van der Waals surface area contributed by atoms with Gasteiger partial charge in [-0.05, 0) is 30.0 Å². The van der Waals surface area contributed by atoms with E-state index in [9.17, 15) is 4.79 Å². The summed E-state index contributed by atoms with van der Waals surface area (Å²) in [5.74, 6) is 1.77. The Labute approximate surface area is 169 Å². The molecule has 2 heterocycles. The van der Waals surface area contributed by atoms with Crippen molar-refractivity contribution in [3.8, 4) is 11.4 Å². The Kier molecular flexibility index (Phi) is 6.24. The summed E-state index contributed by atoms with van der Waals surface area (Å²) in [6.07, 6.45) is 1.59. The minimum atomic E-state index is -0.0665. The summed E-state index contributed by atoms with van der Waals surface area (Å²) >= 11 is 1.39. The molecule has 0 saturated carbocycles. The van der Waals surface area contributed by atoms with Crippen molar-refractivity contribution in [2.75, 3.05) is 5.75 Å². The molecule has 0 bridgehead atoms. The molecule has 0 saturated heterocycles. The molecule has 0 aliphatic carbocycles. The van der Waals surface area contributed by atoms with Crippen molar-refractivity contribution >= 4 is 17.7 Å². The molecular formula is C21H26N4O2S. The fourth-order valence-electron chi connectivity index (χ4n) is 2.79. The van der Waals surface area contributed by atoms with Gasteiger partial charge in [0.25, 0.3) is 0 Å². The maximum absolute atomic E-state index is 12.1. The number of thioether (sulfide) groups is 1. The van der Waals surface area contributed by atoms with E-state index in [4.69, 9.17) is 4.42 Å². The Balaban J connectivity index is 1.65. The van der Waals surface area contributed by atoms with E-state index >= 15 is 0 Å². The zero-order chi connectivity index (χ0) is 20.1. The van der Waals surface area contributed by atoms with Crippen LogP contribution >= 0.6 is 11.8 Å². The minimum absolute atomic E-state index is 0.0665. The lowest BCUT2D eigenvalue weighted by Crippen LogP contribution is -2.24. The van der Waals surface area contributed by atoms with Gasteiger partial charge in [-0.15, -0.1) is 10.2 Å². The smallest absolute Gasteiger partial charge is 0.230 e. The zero-order valence-corrected chi connectivity index (χ0v) is 17.5. The van der Waals surface area contributed by atoms with E-state index in [1.807, 2.05) is 10.6 Å². The van der Waals surface area contributed by atoms with Crippen LogP contribution in [0.2, 0.25) is 0 Å². The van der Waals surface area contributed by atoms with Crippen LogP contribution in [-0.4, -0.2) is 26.4 Å². The molecule has 3 aromatic rings. The molecule has 0 fully saturated rings. The van der Waals surface area contributed by atoms with E-state index in [1.165, 1.54) is 17.3 Å². The number of hydrogen-bond acceptors (Lipinski definition) is 5. The van der Waals surface area contributed by atoms with Crippen molar-refractivity contribution in [1.29, 1.82) is 0 Å². The highest BCUT2D eigenvalue weighted by atomic mass is 32.2. The number of furan rings is 1. The number of rotatable bonds is 7. The number of carbonyl (C=O) groups is 1. The van der Waals surface area contributed by atoms with Crippen LogP contribution in [0.5, 0.6) is 0 Å². The minimum Gasteiger partial charge on any atom is -0.467 e. The molecule has 0 atom stereocenters. The van der Waals surface area contributed by atoms with Gasteiger partial charge in [-0.2, -0.15) is 0 Å². The van der Waals surface area contributed by atoms with Gasteiger partial charge < -0.3 is 14.3 Å². The SMILES string of the molecule is CCn1c(SCC(=O)NCc2ccco2)nnc1-c1ccc(C(C)(C)C)cc1. The molecule has 0 spiro atoms. The molecular weight excluding hydrogens is 372 g/mol. The first-order chi connectivity index (χ1) is 13.4. The summed E-state index contributed by atoms with van der Waals surface area (Å²) in [6.45, 7) is 9.77. The highest BCUT2D eigenvalue weighted by molar-refractivity contribution is 7.99. The maximum atomic E-state index is 12.1. The van der Waals surface area contributed by atoms with Crippen LogP contribution in [-0.2, 0) is 23.3 Å². The number of amides is 1. The van der Waals surface area contributed by atoms with Gasteiger partial charge in [0.2, 0.25) is 5.91 Å². The number of carbonyl (C=O) groups excluding carboxylic acids is 1. The molecule has 1 amide bonds. The lowest BCUT2D eigenvalue weighted by Gasteiger charge is -2.19. The first-order valence-corrected chi connectivity index (χ1v) is 10.3. The predicted octanol–water partition coefficient (Wildman–Crippen LogP) is 4.26. The van der Waals surface area contributed by atoms with Crippen LogP contribution in [0.4, 0.5) is 0 Å². The molecule has 0 radical (unpaired) electrons. The molecule has 2 aromatic heterocycles. The lowest BCUT2D eigenvalue weighted by molar-refractivity contribution is -0.118. The van der Waals surface area contributed by atoms with Crippen LogP contribution < -0.4 is 5.32 Å². The van der Waals surface area contributed by atoms with E-state index in [1.54, 1.807) is 12.3 Å². The van der Waals surface area contributed by atoms with Crippen molar-refractivity contribution in [3.63, 3.8) is 0 Å². The normalized spacial score (nSPS) is 11.6. The quantitative estimate of drug-likeness (QED) is 0.602. The molecule has 3 rings (SSSR count). The molecule has 1 aromatic carbocycles. The summed E-state index contributed by atoms with van der Waals surface area (Å²) in [6, 6.07) is 12.1. The van der Waals surface area contributed by atoms with Gasteiger partial charge in [0.15, 0.2) is 11.0 Å². The molecule has 0 aliphatic heterocycles. The zero-order valence-electron chi connectivity index (χ0n) is 16.7. The summed E-state index contributed by atoms with van der Waals surface area (Å²) in [5, 5.41) is 12.2. The Hall–Kier alpha value is -2.54. The topological polar surface area (TPSA) is 73.0 Å². The first-order valence-electron chi connectivity index (χ1n) is 9.34. The number of hydrogen-bond donors (Lipinski definition) is 1. The average molecular weight is 399 g/mol. The molecule has 148 valence electrons. The van der Waals surface area contributed by atoms with E-state index in [0.717, 1.165) is 28.8 Å². The second-order valence-electron chi connectivity index (χ2n) is 7.52. The fraction of sp³-hybridized carbons (Fsp3) is 0.381. The van der Waals surface area contributed by atoms with E-state index in [-0.39, 0.29) is 17.1 Å². The van der Waals surface area contributed by atoms with Crippen LogP contribution in [0.3, 0.4) is 0 Å². The second kappa shape index (κ2) is 8.65. The molecule has 6 nitrogen and oxygen atoms in total. The molecule has 0 aliphatic rings. The Morgan fingerprint density at radius 3 is 2.54 bits per heavy atom. The van der Waals surface area contributed by atoms with Crippen molar-refractivity contribution < 1.29 is 9.21 Å². The Morgan fingerprint density at radius 2 is 1.93 bits per heavy atom. The molecule has 1 N–H and O–H groups in total. The van der Waals surface area contributed by atoms with Crippen molar-refractivity contribution in [2.24, 2.45) is 0 Å². The van der Waals surface area contributed by atoms with E-state index < -0.39 is 0 Å². The van der Waals surface area contributed by atoms with E-state index in [2.05, 4.69) is 67.5 Å². The number of aromatic nitrogens is 3. The van der Waals surface area contributed by atoms with Gasteiger partial charge in [-0.1, -0.05) is 56.8 Å². The lowest BCUT2D eigenvalue weighted by atomic mass is 9.87. The first kappa shape index (κ1) is 20.2. The van der Waals surface area contributed by atoms with E-state index in [0.29, 0.717) is 6.54 Å². The van der Waals surface area contributed by atoms with Gasteiger partial charge in [0, 0.05) is 12.1 Å². The van der Waals surface area contributed by atoms with Crippen molar-refractivity contribution in [1.82, 2.24) is 20.1 Å². The highest BCUT2D eigenvalue weighted by Crippen LogP contribution is 2.27. The average Bonchev–Trinajstić information content (AvgIpc) is 3.33. The van der Waals surface area contributed by atoms with Crippen LogP contribution in [0, 0.1) is 0 Å². The van der Waals surface area contributed by atoms with Gasteiger partial charge in [0.05, 0.1) is 18.6 Å². The summed E-state index contributed by atoms with van der Waals surface area (Å²) in [7, 11) is 0. The fourth-order valence-corrected chi connectivity index (χ4v) is 3.63. The third-order valence-corrected chi connectivity index (χ3v) is 5.38. The molecule has 0 unspecified atom stereocenters. The van der Waals surface area contributed by atoms with Crippen LogP contribution in [0.15, 0.2) is 52.2 Å². The predicted molar refractivity (Wildman–Crippen MR) is 111 cm³/mol. The molecule has 7 heteroatoms. The van der Waals surface area contributed by atoms with Crippen molar-refractivity contribution in [3.05, 3.63) is 54.0 Å².